The number of esters is 1. The molecule has 8 heteroatoms. The van der Waals surface area contributed by atoms with Crippen LogP contribution in [0.2, 0.25) is 0 Å². The maximum Gasteiger partial charge on any atom is 0.410 e. The minimum Gasteiger partial charge on any atom is -0.459 e. The number of ether oxygens (including phenoxy) is 2. The molecule has 0 spiro atoms. The normalized spacial score (nSPS) is 16.6. The van der Waals surface area contributed by atoms with Crippen LogP contribution in [0.1, 0.15) is 65.1 Å². The van der Waals surface area contributed by atoms with Gasteiger partial charge in [0.2, 0.25) is 0 Å². The van der Waals surface area contributed by atoms with E-state index < -0.39 is 23.7 Å². The molecule has 1 aliphatic heterocycles. The van der Waals surface area contributed by atoms with Crippen LogP contribution in [-0.2, 0) is 14.3 Å². The second-order valence-electron chi connectivity index (χ2n) is 9.69. The van der Waals surface area contributed by atoms with Crippen LogP contribution in [0, 0.1) is 6.92 Å². The summed E-state index contributed by atoms with van der Waals surface area (Å²) in [5.74, 6) is -0.454. The number of benzene rings is 1. The number of hydrogen-bond donors (Lipinski definition) is 1. The maximum absolute atomic E-state index is 13.0. The van der Waals surface area contributed by atoms with Crippen LogP contribution in [0.4, 0.5) is 9.59 Å². The van der Waals surface area contributed by atoms with Crippen molar-refractivity contribution in [1.82, 2.24) is 15.1 Å². The molecule has 1 aromatic carbocycles. The second kappa shape index (κ2) is 10.7. The molecule has 33 heavy (non-hydrogen) atoms. The number of amides is 3. The number of carbonyl (C=O) groups is 3. The molecule has 0 radical (unpaired) electrons. The molecule has 0 fully saturated rings. The molecule has 8 nitrogen and oxygen atoms in total. The summed E-state index contributed by atoms with van der Waals surface area (Å²) in [6.45, 7) is 13.4. The highest BCUT2D eigenvalue weighted by atomic mass is 16.6. The van der Waals surface area contributed by atoms with Crippen molar-refractivity contribution in [3.8, 4) is 0 Å². The zero-order chi connectivity index (χ0) is 24.9. The quantitative estimate of drug-likeness (QED) is 0.605. The Hall–Kier alpha value is -3.03. The minimum absolute atomic E-state index is 0.287. The third-order valence-electron chi connectivity index (χ3n) is 5.06. The third-order valence-corrected chi connectivity index (χ3v) is 5.06. The molecule has 3 amide bonds. The Morgan fingerprint density at radius 3 is 2.45 bits per heavy atom. The highest BCUT2D eigenvalue weighted by molar-refractivity contribution is 5.95. The van der Waals surface area contributed by atoms with E-state index in [0.29, 0.717) is 30.8 Å². The van der Waals surface area contributed by atoms with Crippen molar-refractivity contribution in [2.75, 3.05) is 20.1 Å². The van der Waals surface area contributed by atoms with Crippen molar-refractivity contribution in [2.45, 2.75) is 72.6 Å². The smallest absolute Gasteiger partial charge is 0.410 e. The van der Waals surface area contributed by atoms with Gasteiger partial charge in [-0.15, -0.1) is 0 Å². The molecule has 2 rings (SSSR count). The van der Waals surface area contributed by atoms with Crippen molar-refractivity contribution < 1.29 is 23.9 Å². The summed E-state index contributed by atoms with van der Waals surface area (Å²) in [5, 5.41) is 2.80. The average molecular weight is 460 g/mol. The number of aryl methyl sites for hydroxylation is 1. The third kappa shape index (κ3) is 7.23. The number of urea groups is 1. The number of carbonyl (C=O) groups excluding carboxylic acids is 3. The summed E-state index contributed by atoms with van der Waals surface area (Å²) in [4.78, 5) is 41.4. The van der Waals surface area contributed by atoms with E-state index >= 15 is 0 Å². The van der Waals surface area contributed by atoms with Gasteiger partial charge in [-0.1, -0.05) is 29.8 Å². The molecule has 0 bridgehead atoms. The first-order valence-electron chi connectivity index (χ1n) is 11.3. The molecule has 1 unspecified atom stereocenters. The van der Waals surface area contributed by atoms with Crippen molar-refractivity contribution in [3.05, 3.63) is 46.7 Å². The van der Waals surface area contributed by atoms with Gasteiger partial charge in [0.15, 0.2) is 0 Å². The molecule has 1 aromatic rings. The highest BCUT2D eigenvalue weighted by Gasteiger charge is 2.38. The Kier molecular flexibility index (Phi) is 8.52. The highest BCUT2D eigenvalue weighted by Crippen LogP contribution is 2.35. The second-order valence-corrected chi connectivity index (χ2v) is 9.69. The molecule has 0 saturated carbocycles. The first kappa shape index (κ1) is 26.2. The molecular weight excluding hydrogens is 422 g/mol. The van der Waals surface area contributed by atoms with E-state index in [4.69, 9.17) is 9.47 Å². The van der Waals surface area contributed by atoms with E-state index in [-0.39, 0.29) is 12.1 Å². The van der Waals surface area contributed by atoms with Gasteiger partial charge in [-0.2, -0.15) is 0 Å². The van der Waals surface area contributed by atoms with Gasteiger partial charge < -0.3 is 24.6 Å². The van der Waals surface area contributed by atoms with Gasteiger partial charge in [0, 0.05) is 25.8 Å². The lowest BCUT2D eigenvalue weighted by Crippen LogP contribution is -2.49. The molecule has 1 atom stereocenters. The summed E-state index contributed by atoms with van der Waals surface area (Å²) in [6.07, 6.45) is -0.195. The van der Waals surface area contributed by atoms with Gasteiger partial charge in [0.1, 0.15) is 5.60 Å². The van der Waals surface area contributed by atoms with Gasteiger partial charge >= 0.3 is 18.1 Å². The predicted octanol–water partition coefficient (Wildman–Crippen LogP) is 4.54. The maximum atomic E-state index is 13.0. The van der Waals surface area contributed by atoms with Crippen LogP contribution in [0.3, 0.4) is 0 Å². The van der Waals surface area contributed by atoms with Crippen LogP contribution in [0.5, 0.6) is 0 Å². The van der Waals surface area contributed by atoms with Crippen LogP contribution < -0.4 is 5.32 Å². The zero-order valence-corrected chi connectivity index (χ0v) is 21.0. The van der Waals surface area contributed by atoms with Crippen LogP contribution >= 0.6 is 0 Å². The molecule has 1 N–H and O–H groups in total. The Bertz CT molecular complexity index is 917. The average Bonchev–Trinajstić information content (AvgIpc) is 2.66. The van der Waals surface area contributed by atoms with Crippen molar-refractivity contribution in [3.63, 3.8) is 0 Å². The number of nitrogens with zero attached hydrogens (tertiary/aromatic N) is 2. The lowest BCUT2D eigenvalue weighted by atomic mass is 9.92. The van der Waals surface area contributed by atoms with Crippen LogP contribution in [0.25, 0.3) is 0 Å². The van der Waals surface area contributed by atoms with Crippen molar-refractivity contribution in [1.29, 1.82) is 0 Å². The van der Waals surface area contributed by atoms with E-state index in [2.05, 4.69) is 5.32 Å². The summed E-state index contributed by atoms with van der Waals surface area (Å²) < 4.78 is 10.9. The first-order valence-corrected chi connectivity index (χ1v) is 11.3. The van der Waals surface area contributed by atoms with E-state index in [1.165, 1.54) is 4.90 Å². The monoisotopic (exact) mass is 459 g/mol. The summed E-state index contributed by atoms with van der Waals surface area (Å²) in [5.41, 5.74) is 2.17. The van der Waals surface area contributed by atoms with Crippen molar-refractivity contribution in [2.24, 2.45) is 0 Å². The Morgan fingerprint density at radius 2 is 1.88 bits per heavy atom. The van der Waals surface area contributed by atoms with Crippen LogP contribution in [-0.4, -0.2) is 59.7 Å². The van der Waals surface area contributed by atoms with E-state index in [1.807, 2.05) is 52.0 Å². The summed E-state index contributed by atoms with van der Waals surface area (Å²) in [6, 6.07) is 6.88. The molecule has 0 aliphatic carbocycles. The Balaban J connectivity index is 2.28. The number of nitrogens with one attached hydrogen (secondary N) is 1. The Morgan fingerprint density at radius 1 is 1.21 bits per heavy atom. The molecule has 1 heterocycles. The number of rotatable bonds is 7. The Labute approximate surface area is 196 Å². The molecule has 182 valence electrons. The zero-order valence-electron chi connectivity index (χ0n) is 21.0. The van der Waals surface area contributed by atoms with Crippen LogP contribution in [0.15, 0.2) is 35.5 Å². The molecule has 0 aromatic heterocycles. The lowest BCUT2D eigenvalue weighted by Gasteiger charge is -2.38. The van der Waals surface area contributed by atoms with Gasteiger partial charge in [-0.3, -0.25) is 0 Å². The topological polar surface area (TPSA) is 88.2 Å². The minimum atomic E-state index is -0.586. The standard InChI is InChI=1S/C25H37N3O5/c1-16(2)32-22(29)20-18(4)26-23(30)28(21(20)19-12-9-11-17(3)15-19)14-10-13-27(8)24(31)33-25(5,6)7/h9,11-12,15-16,21H,10,13-14H2,1-8H3,(H,26,30). The predicted molar refractivity (Wildman–Crippen MR) is 127 cm³/mol. The summed E-state index contributed by atoms with van der Waals surface area (Å²) >= 11 is 0. The van der Waals surface area contributed by atoms with Gasteiger partial charge in [0.05, 0.1) is 17.7 Å². The number of hydrogen-bond acceptors (Lipinski definition) is 5. The molecular formula is C25H37N3O5. The van der Waals surface area contributed by atoms with Gasteiger partial charge in [0.25, 0.3) is 0 Å². The fraction of sp³-hybridized carbons (Fsp3) is 0.560. The largest absolute Gasteiger partial charge is 0.459 e. The fourth-order valence-corrected chi connectivity index (χ4v) is 3.65. The van der Waals surface area contributed by atoms with E-state index in [0.717, 1.165) is 11.1 Å². The van der Waals surface area contributed by atoms with Gasteiger partial charge in [-0.05, 0) is 60.5 Å². The van der Waals surface area contributed by atoms with E-state index in [9.17, 15) is 14.4 Å². The lowest BCUT2D eigenvalue weighted by molar-refractivity contribution is -0.143. The summed E-state index contributed by atoms with van der Waals surface area (Å²) in [7, 11) is 1.66. The first-order chi connectivity index (χ1) is 15.3. The van der Waals surface area contributed by atoms with Crippen molar-refractivity contribution >= 4 is 18.1 Å². The van der Waals surface area contributed by atoms with Gasteiger partial charge in [-0.25, -0.2) is 14.4 Å². The SMILES string of the molecule is CC1=C(C(=O)OC(C)C)C(c2cccc(C)c2)N(CCCN(C)C(=O)OC(C)(C)C)C(=O)N1. The molecule has 0 saturated heterocycles. The fourth-order valence-electron chi connectivity index (χ4n) is 3.65. The van der Waals surface area contributed by atoms with E-state index in [1.54, 1.807) is 32.7 Å². The molecule has 1 aliphatic rings. The number of allylic oxidation sites excluding steroid dienone is 1.